The monoisotopic (exact) mass is 182 g/mol. The van der Waals surface area contributed by atoms with Gasteiger partial charge < -0.3 is 15.6 Å². The number of ether oxygens (including phenoxy) is 1. The molecule has 5 nitrogen and oxygen atoms in total. The van der Waals surface area contributed by atoms with Crippen molar-refractivity contribution in [2.45, 2.75) is 6.23 Å². The molecule has 0 saturated heterocycles. The number of rotatable bonds is 0. The maximum atomic E-state index is 9.40. The second-order valence-electron chi connectivity index (χ2n) is 2.86. The zero-order valence-electron chi connectivity index (χ0n) is 6.84. The Morgan fingerprint density at radius 3 is 3.08 bits per heavy atom. The Balaban J connectivity index is 2.45. The minimum atomic E-state index is -1.03. The van der Waals surface area contributed by atoms with Crippen LogP contribution in [0.2, 0.25) is 0 Å². The van der Waals surface area contributed by atoms with E-state index in [-0.39, 0.29) is 6.61 Å². The summed E-state index contributed by atoms with van der Waals surface area (Å²) in [5.74, 6) is 0.516. The van der Waals surface area contributed by atoms with Crippen LogP contribution in [0.4, 0.5) is 11.4 Å². The second-order valence-corrected chi connectivity index (χ2v) is 2.86. The van der Waals surface area contributed by atoms with Crippen molar-refractivity contribution in [1.29, 1.82) is 0 Å². The maximum Gasteiger partial charge on any atom is 0.185 e. The van der Waals surface area contributed by atoms with Crippen LogP contribution in [0.5, 0.6) is 5.75 Å². The standard InChI is InChI=1S/C8H10N2O3/c9-5-1-2-7-6(3-5)10(12)8(11)4-13-7/h1-3,8,11-12H,4,9H2. The molecule has 1 aliphatic heterocycles. The maximum absolute atomic E-state index is 9.40. The predicted molar refractivity (Wildman–Crippen MR) is 46.6 cm³/mol. The summed E-state index contributed by atoms with van der Waals surface area (Å²) in [6.07, 6.45) is -1.03. The fourth-order valence-electron chi connectivity index (χ4n) is 1.23. The first-order valence-corrected chi connectivity index (χ1v) is 3.87. The first-order valence-electron chi connectivity index (χ1n) is 3.87. The lowest BCUT2D eigenvalue weighted by atomic mass is 10.2. The van der Waals surface area contributed by atoms with Crippen LogP contribution >= 0.6 is 0 Å². The van der Waals surface area contributed by atoms with Gasteiger partial charge in [-0.2, -0.15) is 0 Å². The van der Waals surface area contributed by atoms with Crippen molar-refractivity contribution >= 4 is 11.4 Å². The van der Waals surface area contributed by atoms with Crippen LogP contribution in [0.25, 0.3) is 0 Å². The molecule has 0 saturated carbocycles. The third-order valence-electron chi connectivity index (χ3n) is 1.90. The molecule has 4 N–H and O–H groups in total. The molecule has 2 rings (SSSR count). The molecule has 0 spiro atoms. The number of benzene rings is 1. The highest BCUT2D eigenvalue weighted by Gasteiger charge is 2.24. The van der Waals surface area contributed by atoms with E-state index in [9.17, 15) is 10.3 Å². The normalized spacial score (nSPS) is 20.8. The summed E-state index contributed by atoms with van der Waals surface area (Å²) in [6, 6.07) is 4.86. The van der Waals surface area contributed by atoms with Gasteiger partial charge in [0.15, 0.2) is 6.23 Å². The molecule has 0 aromatic heterocycles. The predicted octanol–water partition coefficient (Wildman–Crippen LogP) is 0.175. The van der Waals surface area contributed by atoms with E-state index in [1.165, 1.54) is 6.07 Å². The lowest BCUT2D eigenvalue weighted by Crippen LogP contribution is -2.40. The van der Waals surface area contributed by atoms with E-state index in [4.69, 9.17) is 10.5 Å². The van der Waals surface area contributed by atoms with Gasteiger partial charge in [0.25, 0.3) is 0 Å². The molecule has 0 radical (unpaired) electrons. The van der Waals surface area contributed by atoms with Crippen molar-refractivity contribution in [2.24, 2.45) is 0 Å². The number of nitrogens with two attached hydrogens (primary N) is 1. The number of fused-ring (bicyclic) bond motifs is 1. The molecule has 1 unspecified atom stereocenters. The molecule has 1 atom stereocenters. The highest BCUT2D eigenvalue weighted by atomic mass is 16.6. The summed E-state index contributed by atoms with van der Waals surface area (Å²) in [4.78, 5) is 0. The van der Waals surface area contributed by atoms with Crippen LogP contribution in [0.15, 0.2) is 18.2 Å². The Kier molecular flexibility index (Phi) is 1.75. The van der Waals surface area contributed by atoms with Gasteiger partial charge in [0.2, 0.25) is 0 Å². The summed E-state index contributed by atoms with van der Waals surface area (Å²) in [5.41, 5.74) is 6.41. The Hall–Kier alpha value is -1.46. The fraction of sp³-hybridized carbons (Fsp3) is 0.250. The molecule has 70 valence electrons. The molecule has 0 aliphatic carbocycles. The van der Waals surface area contributed by atoms with Crippen LogP contribution < -0.4 is 15.5 Å². The number of aliphatic hydroxyl groups is 1. The largest absolute Gasteiger partial charge is 0.487 e. The molecular weight excluding hydrogens is 172 g/mol. The van der Waals surface area contributed by atoms with Crippen LogP contribution in [0.1, 0.15) is 0 Å². The van der Waals surface area contributed by atoms with Crippen molar-refractivity contribution in [2.75, 3.05) is 17.4 Å². The summed E-state index contributed by atoms with van der Waals surface area (Å²) in [7, 11) is 0. The van der Waals surface area contributed by atoms with Gasteiger partial charge in [0.1, 0.15) is 18.0 Å². The highest BCUT2D eigenvalue weighted by Crippen LogP contribution is 2.33. The summed E-state index contributed by atoms with van der Waals surface area (Å²) in [5, 5.41) is 19.4. The summed E-state index contributed by atoms with van der Waals surface area (Å²) >= 11 is 0. The van der Waals surface area contributed by atoms with Gasteiger partial charge in [-0.3, -0.25) is 5.21 Å². The SMILES string of the molecule is Nc1ccc2c(c1)N(O)C(O)CO2. The molecule has 1 aromatic rings. The number of nitrogen functional groups attached to an aromatic ring is 1. The van der Waals surface area contributed by atoms with Gasteiger partial charge in [-0.1, -0.05) is 0 Å². The van der Waals surface area contributed by atoms with Crippen molar-refractivity contribution < 1.29 is 15.1 Å². The zero-order chi connectivity index (χ0) is 9.42. The van der Waals surface area contributed by atoms with E-state index in [1.54, 1.807) is 12.1 Å². The van der Waals surface area contributed by atoms with Gasteiger partial charge in [0.05, 0.1) is 0 Å². The van der Waals surface area contributed by atoms with Crippen LogP contribution in [-0.4, -0.2) is 23.1 Å². The van der Waals surface area contributed by atoms with E-state index in [1.807, 2.05) is 0 Å². The summed E-state index contributed by atoms with van der Waals surface area (Å²) in [6.45, 7) is 0.0490. The van der Waals surface area contributed by atoms with Crippen molar-refractivity contribution in [3.63, 3.8) is 0 Å². The molecule has 1 aliphatic rings. The minimum Gasteiger partial charge on any atom is -0.487 e. The first kappa shape index (κ1) is 8.15. The average molecular weight is 182 g/mol. The first-order chi connectivity index (χ1) is 6.18. The van der Waals surface area contributed by atoms with Gasteiger partial charge >= 0.3 is 0 Å². The van der Waals surface area contributed by atoms with Gasteiger partial charge in [-0.15, -0.1) is 0 Å². The van der Waals surface area contributed by atoms with Crippen molar-refractivity contribution in [3.05, 3.63) is 18.2 Å². The Morgan fingerprint density at radius 2 is 2.31 bits per heavy atom. The molecule has 1 heterocycles. The molecule has 5 heteroatoms. The number of aliphatic hydroxyl groups excluding tert-OH is 1. The Labute approximate surface area is 74.9 Å². The van der Waals surface area contributed by atoms with E-state index < -0.39 is 6.23 Å². The summed E-state index contributed by atoms with van der Waals surface area (Å²) < 4.78 is 5.15. The van der Waals surface area contributed by atoms with E-state index >= 15 is 0 Å². The average Bonchev–Trinajstić information content (AvgIpc) is 2.12. The molecule has 13 heavy (non-hydrogen) atoms. The Morgan fingerprint density at radius 1 is 1.54 bits per heavy atom. The van der Waals surface area contributed by atoms with Crippen LogP contribution in [-0.2, 0) is 0 Å². The fourth-order valence-corrected chi connectivity index (χ4v) is 1.23. The quantitative estimate of drug-likeness (QED) is 0.498. The number of hydrogen-bond acceptors (Lipinski definition) is 5. The highest BCUT2D eigenvalue weighted by molar-refractivity contribution is 5.64. The molecule has 0 fully saturated rings. The number of hydroxylamine groups is 1. The molecular formula is C8H10N2O3. The zero-order valence-corrected chi connectivity index (χ0v) is 6.84. The van der Waals surface area contributed by atoms with E-state index in [0.29, 0.717) is 17.1 Å². The second kappa shape index (κ2) is 2.79. The number of nitrogens with zero attached hydrogens (tertiary/aromatic N) is 1. The smallest absolute Gasteiger partial charge is 0.185 e. The van der Waals surface area contributed by atoms with Crippen molar-refractivity contribution in [3.8, 4) is 5.75 Å². The van der Waals surface area contributed by atoms with Gasteiger partial charge in [-0.05, 0) is 18.2 Å². The number of anilines is 2. The number of hydrogen-bond donors (Lipinski definition) is 3. The van der Waals surface area contributed by atoms with Crippen molar-refractivity contribution in [1.82, 2.24) is 0 Å². The topological polar surface area (TPSA) is 79.0 Å². The van der Waals surface area contributed by atoms with Gasteiger partial charge in [0, 0.05) is 5.69 Å². The lowest BCUT2D eigenvalue weighted by molar-refractivity contribution is 0.0169. The van der Waals surface area contributed by atoms with Gasteiger partial charge in [-0.25, -0.2) is 5.06 Å². The molecule has 0 amide bonds. The molecule has 1 aromatic carbocycles. The van der Waals surface area contributed by atoms with Crippen LogP contribution in [0, 0.1) is 0 Å². The lowest BCUT2D eigenvalue weighted by Gasteiger charge is -2.30. The van der Waals surface area contributed by atoms with E-state index in [0.717, 1.165) is 5.06 Å². The third-order valence-corrected chi connectivity index (χ3v) is 1.90. The Bertz CT molecular complexity index is 329. The molecule has 0 bridgehead atoms. The third kappa shape index (κ3) is 1.28. The van der Waals surface area contributed by atoms with E-state index in [2.05, 4.69) is 0 Å². The van der Waals surface area contributed by atoms with Crippen LogP contribution in [0.3, 0.4) is 0 Å². The minimum absolute atomic E-state index is 0.0490.